The average molecular weight is 459 g/mol. The molecule has 1 fully saturated rings. The number of hydrogen-bond acceptors (Lipinski definition) is 5. The Hall–Kier alpha value is -2.82. The van der Waals surface area contributed by atoms with Gasteiger partial charge in [0.1, 0.15) is 11.9 Å². The Bertz CT molecular complexity index is 838. The number of carboxylic acid groups (broad SMARTS) is 1. The lowest BCUT2D eigenvalue weighted by Crippen LogP contribution is -2.45. The molecule has 178 valence electrons. The Labute approximate surface area is 183 Å². The first-order chi connectivity index (χ1) is 14.9. The summed E-state index contributed by atoms with van der Waals surface area (Å²) in [4.78, 5) is 34.3. The standard InChI is InChI=1S/C19H27N3O3.C2HF3O2/c1-12-9-16-10-15(3-4-17(16)25-12)13(2)21-11-18(23)22-7-5-14(6-8-22)19(20)24;3-2(4,5)1(6)7/h3-4,10,12-14,21H,5-9,11H2,1-2H3,(H2,20,24);(H,6,7)/t12?,13-;/m1./s1. The molecule has 1 aromatic rings. The van der Waals surface area contributed by atoms with E-state index in [4.69, 9.17) is 20.4 Å². The fourth-order valence-corrected chi connectivity index (χ4v) is 3.59. The van der Waals surface area contributed by atoms with Crippen LogP contribution in [0.25, 0.3) is 0 Å². The molecular weight excluding hydrogens is 431 g/mol. The summed E-state index contributed by atoms with van der Waals surface area (Å²) < 4.78 is 37.5. The molecule has 0 radical (unpaired) electrons. The lowest BCUT2D eigenvalue weighted by atomic mass is 9.96. The van der Waals surface area contributed by atoms with Crippen LogP contribution >= 0.6 is 0 Å². The number of carbonyl (C=O) groups excluding carboxylic acids is 2. The number of ether oxygens (including phenoxy) is 1. The molecule has 0 aliphatic carbocycles. The third-order valence-electron chi connectivity index (χ3n) is 5.47. The van der Waals surface area contributed by atoms with Crippen LogP contribution in [0.2, 0.25) is 0 Å². The number of nitrogens with one attached hydrogen (secondary N) is 1. The van der Waals surface area contributed by atoms with Crippen molar-refractivity contribution in [3.8, 4) is 5.75 Å². The van der Waals surface area contributed by atoms with E-state index in [9.17, 15) is 22.8 Å². The second-order valence-electron chi connectivity index (χ2n) is 7.96. The first kappa shape index (κ1) is 25.4. The van der Waals surface area contributed by atoms with Gasteiger partial charge in [-0.1, -0.05) is 12.1 Å². The Morgan fingerprint density at radius 1 is 1.28 bits per heavy atom. The van der Waals surface area contributed by atoms with Crippen LogP contribution in [-0.4, -0.2) is 59.7 Å². The van der Waals surface area contributed by atoms with Gasteiger partial charge in [-0.05, 0) is 43.9 Å². The molecule has 3 rings (SSSR count). The van der Waals surface area contributed by atoms with Crippen molar-refractivity contribution in [1.29, 1.82) is 0 Å². The van der Waals surface area contributed by atoms with Crippen molar-refractivity contribution in [3.63, 3.8) is 0 Å². The lowest BCUT2D eigenvalue weighted by molar-refractivity contribution is -0.192. The maximum atomic E-state index is 12.4. The summed E-state index contributed by atoms with van der Waals surface area (Å²) in [7, 11) is 0. The predicted molar refractivity (Wildman–Crippen MR) is 109 cm³/mol. The zero-order valence-electron chi connectivity index (χ0n) is 17.9. The second-order valence-corrected chi connectivity index (χ2v) is 7.96. The second kappa shape index (κ2) is 10.7. The summed E-state index contributed by atoms with van der Waals surface area (Å²) in [6.45, 7) is 5.65. The van der Waals surface area contributed by atoms with Crippen LogP contribution in [-0.2, 0) is 20.8 Å². The van der Waals surface area contributed by atoms with E-state index in [1.165, 1.54) is 5.56 Å². The first-order valence-electron chi connectivity index (χ1n) is 10.3. The maximum Gasteiger partial charge on any atom is 0.490 e. The number of piperidine rings is 1. The van der Waals surface area contributed by atoms with Gasteiger partial charge in [-0.3, -0.25) is 9.59 Å². The molecule has 1 saturated heterocycles. The van der Waals surface area contributed by atoms with Crippen LogP contribution in [0.4, 0.5) is 13.2 Å². The number of amides is 2. The first-order valence-corrected chi connectivity index (χ1v) is 10.3. The number of carbonyl (C=O) groups is 3. The fourth-order valence-electron chi connectivity index (χ4n) is 3.59. The van der Waals surface area contributed by atoms with Crippen molar-refractivity contribution in [3.05, 3.63) is 29.3 Å². The number of nitrogens with zero attached hydrogens (tertiary/aromatic N) is 1. The largest absolute Gasteiger partial charge is 0.490 e. The molecule has 4 N–H and O–H groups in total. The van der Waals surface area contributed by atoms with Gasteiger partial charge in [-0.15, -0.1) is 0 Å². The van der Waals surface area contributed by atoms with E-state index in [0.29, 0.717) is 32.5 Å². The molecule has 1 unspecified atom stereocenters. The van der Waals surface area contributed by atoms with Crippen LogP contribution in [0.5, 0.6) is 5.75 Å². The van der Waals surface area contributed by atoms with Crippen molar-refractivity contribution in [1.82, 2.24) is 10.2 Å². The number of likely N-dealkylation sites (tertiary alicyclic amines) is 1. The summed E-state index contributed by atoms with van der Waals surface area (Å²) in [5.41, 5.74) is 7.73. The van der Waals surface area contributed by atoms with Crippen molar-refractivity contribution in [2.45, 2.75) is 51.4 Å². The van der Waals surface area contributed by atoms with Crippen LogP contribution in [0.1, 0.15) is 43.9 Å². The Kier molecular flexibility index (Phi) is 8.48. The Morgan fingerprint density at radius 2 is 1.88 bits per heavy atom. The fraction of sp³-hybridized carbons (Fsp3) is 0.571. The minimum absolute atomic E-state index is 0.0767. The highest BCUT2D eigenvalue weighted by molar-refractivity contribution is 5.80. The number of rotatable bonds is 5. The number of aliphatic carboxylic acids is 1. The number of primary amides is 1. The number of carboxylic acids is 1. The summed E-state index contributed by atoms with van der Waals surface area (Å²) in [6, 6.07) is 6.33. The minimum atomic E-state index is -5.08. The third-order valence-corrected chi connectivity index (χ3v) is 5.47. The van der Waals surface area contributed by atoms with Gasteiger partial charge in [0.2, 0.25) is 11.8 Å². The van der Waals surface area contributed by atoms with Gasteiger partial charge < -0.3 is 25.8 Å². The van der Waals surface area contributed by atoms with E-state index < -0.39 is 12.1 Å². The summed E-state index contributed by atoms with van der Waals surface area (Å²) in [6.07, 6.45) is -2.58. The van der Waals surface area contributed by atoms with Crippen LogP contribution in [0.15, 0.2) is 18.2 Å². The zero-order valence-corrected chi connectivity index (χ0v) is 17.9. The Balaban J connectivity index is 0.000000451. The number of halogens is 3. The summed E-state index contributed by atoms with van der Waals surface area (Å²) in [5.74, 6) is -2.06. The van der Waals surface area contributed by atoms with Gasteiger partial charge in [-0.25, -0.2) is 4.79 Å². The van der Waals surface area contributed by atoms with E-state index in [1.807, 2.05) is 11.0 Å². The number of fused-ring (bicyclic) bond motifs is 1. The monoisotopic (exact) mass is 459 g/mol. The highest BCUT2D eigenvalue weighted by Gasteiger charge is 2.38. The van der Waals surface area contributed by atoms with Gasteiger partial charge in [0.05, 0.1) is 6.54 Å². The van der Waals surface area contributed by atoms with Crippen molar-refractivity contribution < 1.29 is 37.4 Å². The molecule has 1 aromatic carbocycles. The van der Waals surface area contributed by atoms with Crippen LogP contribution < -0.4 is 15.8 Å². The van der Waals surface area contributed by atoms with Gasteiger partial charge in [0.25, 0.3) is 0 Å². The SMILES string of the molecule is CC1Cc2cc([C@@H](C)NCC(=O)N3CCC(C(N)=O)CC3)ccc2O1.O=C(O)C(F)(F)F. The number of benzene rings is 1. The third kappa shape index (κ3) is 7.11. The number of nitrogens with two attached hydrogens (primary N) is 1. The molecule has 0 spiro atoms. The molecule has 0 saturated carbocycles. The average Bonchev–Trinajstić information content (AvgIpc) is 3.10. The minimum Gasteiger partial charge on any atom is -0.490 e. The van der Waals surface area contributed by atoms with Crippen LogP contribution in [0.3, 0.4) is 0 Å². The molecule has 2 amide bonds. The quantitative estimate of drug-likeness (QED) is 0.619. The summed E-state index contributed by atoms with van der Waals surface area (Å²) in [5, 5.41) is 10.4. The van der Waals surface area contributed by atoms with E-state index in [2.05, 4.69) is 31.3 Å². The maximum absolute atomic E-state index is 12.4. The smallest absolute Gasteiger partial charge is 0.490 e. The Morgan fingerprint density at radius 3 is 2.41 bits per heavy atom. The van der Waals surface area contributed by atoms with Crippen LogP contribution in [0, 0.1) is 5.92 Å². The molecule has 11 heteroatoms. The normalized spacial score (nSPS) is 19.3. The molecule has 32 heavy (non-hydrogen) atoms. The molecule has 2 heterocycles. The topological polar surface area (TPSA) is 122 Å². The van der Waals surface area contributed by atoms with Gasteiger partial charge >= 0.3 is 12.1 Å². The van der Waals surface area contributed by atoms with Gasteiger partial charge in [0.15, 0.2) is 0 Å². The molecule has 2 atom stereocenters. The molecule has 8 nitrogen and oxygen atoms in total. The molecule has 0 bridgehead atoms. The van der Waals surface area contributed by atoms with Gasteiger partial charge in [0, 0.05) is 31.5 Å². The zero-order chi connectivity index (χ0) is 24.1. The van der Waals surface area contributed by atoms with Crippen molar-refractivity contribution >= 4 is 17.8 Å². The number of hydrogen-bond donors (Lipinski definition) is 3. The highest BCUT2D eigenvalue weighted by Crippen LogP contribution is 2.31. The van der Waals surface area contributed by atoms with Crippen molar-refractivity contribution in [2.24, 2.45) is 11.7 Å². The van der Waals surface area contributed by atoms with Gasteiger partial charge in [-0.2, -0.15) is 13.2 Å². The van der Waals surface area contributed by atoms with E-state index in [0.717, 1.165) is 17.7 Å². The highest BCUT2D eigenvalue weighted by atomic mass is 19.4. The van der Waals surface area contributed by atoms with Crippen molar-refractivity contribution in [2.75, 3.05) is 19.6 Å². The number of alkyl halides is 3. The van der Waals surface area contributed by atoms with E-state index in [1.54, 1.807) is 0 Å². The molecule has 2 aliphatic rings. The molecule has 2 aliphatic heterocycles. The van der Waals surface area contributed by atoms with E-state index in [-0.39, 0.29) is 29.9 Å². The molecule has 0 aromatic heterocycles. The van der Waals surface area contributed by atoms with E-state index >= 15 is 0 Å². The lowest BCUT2D eigenvalue weighted by Gasteiger charge is -2.31. The molecular formula is C21H28F3N3O5. The summed E-state index contributed by atoms with van der Waals surface area (Å²) >= 11 is 0. The predicted octanol–water partition coefficient (Wildman–Crippen LogP) is 2.02.